The van der Waals surface area contributed by atoms with Crippen LogP contribution in [0.25, 0.3) is 0 Å². The zero-order valence-electron chi connectivity index (χ0n) is 8.64. The van der Waals surface area contributed by atoms with E-state index in [0.29, 0.717) is 0 Å². The van der Waals surface area contributed by atoms with E-state index in [9.17, 15) is 5.11 Å². The van der Waals surface area contributed by atoms with Gasteiger partial charge in [-0.15, -0.1) is 6.58 Å². The first-order chi connectivity index (χ1) is 7.22. The lowest BCUT2D eigenvalue weighted by molar-refractivity contribution is 0.0811. The zero-order valence-corrected chi connectivity index (χ0v) is 8.64. The van der Waals surface area contributed by atoms with Crippen molar-refractivity contribution < 1.29 is 10.2 Å². The number of rotatable bonds is 3. The quantitative estimate of drug-likeness (QED) is 0.530. The second-order valence-electron chi connectivity index (χ2n) is 2.61. The number of aliphatic hydroxyl groups excluding tert-OH is 2. The normalized spacial score (nSPS) is 13.8. The first kappa shape index (κ1) is 13.3. The fraction of sp³-hybridized carbons (Fsp3) is 0.231. The van der Waals surface area contributed by atoms with Gasteiger partial charge in [0.2, 0.25) is 0 Å². The van der Waals surface area contributed by atoms with Crippen LogP contribution < -0.4 is 0 Å². The molecule has 0 heterocycles. The van der Waals surface area contributed by atoms with Crippen molar-refractivity contribution in [2.24, 2.45) is 0 Å². The van der Waals surface area contributed by atoms with Crippen LogP contribution in [0.1, 0.15) is 6.92 Å². The van der Waals surface area contributed by atoms with E-state index in [1.807, 2.05) is 13.0 Å². The van der Waals surface area contributed by atoms with Crippen molar-refractivity contribution in [2.75, 3.05) is 0 Å². The molecule has 0 bridgehead atoms. The Balaban J connectivity index is 4.10. The third-order valence-corrected chi connectivity index (χ3v) is 1.42. The van der Waals surface area contributed by atoms with E-state index in [1.54, 1.807) is 6.08 Å². The number of aliphatic hydroxyl groups is 2. The van der Waals surface area contributed by atoms with Crippen molar-refractivity contribution in [3.8, 4) is 23.7 Å². The number of hydrogen-bond acceptors (Lipinski definition) is 2. The maximum absolute atomic E-state index is 9.24. The Hall–Kier alpha value is -1.74. The van der Waals surface area contributed by atoms with Crippen LogP contribution in [0.5, 0.6) is 0 Å². The van der Waals surface area contributed by atoms with Crippen LogP contribution in [-0.4, -0.2) is 22.4 Å². The van der Waals surface area contributed by atoms with E-state index in [0.717, 1.165) is 0 Å². The minimum absolute atomic E-state index is 0.961. The van der Waals surface area contributed by atoms with Gasteiger partial charge >= 0.3 is 0 Å². The summed E-state index contributed by atoms with van der Waals surface area (Å²) in [6.07, 6.45) is 5.66. The van der Waals surface area contributed by atoms with E-state index in [-0.39, 0.29) is 0 Å². The molecule has 0 amide bonds. The Kier molecular flexibility index (Phi) is 7.82. The molecule has 0 aliphatic heterocycles. The molecule has 78 valence electrons. The molecule has 0 aromatic heterocycles. The Labute approximate surface area is 90.6 Å². The summed E-state index contributed by atoms with van der Waals surface area (Å²) in [5, 5.41) is 18.3. The van der Waals surface area contributed by atoms with Crippen molar-refractivity contribution in [1.29, 1.82) is 0 Å². The molecule has 0 spiro atoms. The van der Waals surface area contributed by atoms with Gasteiger partial charge in [-0.25, -0.2) is 0 Å². The highest BCUT2D eigenvalue weighted by atomic mass is 16.3. The lowest BCUT2D eigenvalue weighted by Crippen LogP contribution is -2.20. The van der Waals surface area contributed by atoms with Gasteiger partial charge in [-0.05, 0) is 37.0 Å². The summed E-state index contributed by atoms with van der Waals surface area (Å²) in [7, 11) is 0. The fourth-order valence-corrected chi connectivity index (χ4v) is 0.639. The molecule has 0 aliphatic rings. The van der Waals surface area contributed by atoms with Gasteiger partial charge in [0.25, 0.3) is 0 Å². The van der Waals surface area contributed by atoms with Gasteiger partial charge in [0, 0.05) is 0 Å². The zero-order chi connectivity index (χ0) is 11.5. The average Bonchev–Trinajstić information content (AvgIpc) is 2.26. The summed E-state index contributed by atoms with van der Waals surface area (Å²) in [5.41, 5.74) is 0. The topological polar surface area (TPSA) is 40.5 Å². The molecule has 0 radical (unpaired) electrons. The second-order valence-corrected chi connectivity index (χ2v) is 2.61. The molecular formula is C13H14O2. The first-order valence-electron chi connectivity index (χ1n) is 4.50. The lowest BCUT2D eigenvalue weighted by atomic mass is 10.2. The predicted molar refractivity (Wildman–Crippen MR) is 61.7 cm³/mol. The second kappa shape index (κ2) is 8.84. The van der Waals surface area contributed by atoms with Crippen molar-refractivity contribution in [3.05, 3.63) is 37.0 Å². The summed E-state index contributed by atoms with van der Waals surface area (Å²) in [6, 6.07) is 0. The van der Waals surface area contributed by atoms with Gasteiger partial charge in [-0.2, -0.15) is 0 Å². The lowest BCUT2D eigenvalue weighted by Gasteiger charge is -2.07. The molecule has 0 unspecified atom stereocenters. The van der Waals surface area contributed by atoms with Crippen molar-refractivity contribution >= 4 is 0 Å². The van der Waals surface area contributed by atoms with Crippen LogP contribution in [0.3, 0.4) is 0 Å². The van der Waals surface area contributed by atoms with Crippen LogP contribution in [0.2, 0.25) is 0 Å². The smallest absolute Gasteiger partial charge is 0.102 e. The molecule has 0 rings (SSSR count). The van der Waals surface area contributed by atoms with Gasteiger partial charge < -0.3 is 10.2 Å². The SMILES string of the molecule is C=C[C@@H](O)[C@H](O)/C=C/C#CC#C/C=C/C. The molecule has 2 atom stereocenters. The van der Waals surface area contributed by atoms with Gasteiger partial charge in [0.15, 0.2) is 0 Å². The molecule has 2 N–H and O–H groups in total. The van der Waals surface area contributed by atoms with Crippen LogP contribution in [0.15, 0.2) is 37.0 Å². The van der Waals surface area contributed by atoms with Crippen molar-refractivity contribution in [2.45, 2.75) is 19.1 Å². The highest BCUT2D eigenvalue weighted by Crippen LogP contribution is 1.95. The fourth-order valence-electron chi connectivity index (χ4n) is 0.639. The molecule has 2 heteroatoms. The van der Waals surface area contributed by atoms with Crippen molar-refractivity contribution in [3.63, 3.8) is 0 Å². The molecule has 0 saturated heterocycles. The third kappa shape index (κ3) is 7.34. The first-order valence-corrected chi connectivity index (χ1v) is 4.50. The Morgan fingerprint density at radius 2 is 1.67 bits per heavy atom. The monoisotopic (exact) mass is 202 g/mol. The molecule has 0 aromatic rings. The van der Waals surface area contributed by atoms with E-state index >= 15 is 0 Å². The van der Waals surface area contributed by atoms with Crippen LogP contribution in [0, 0.1) is 23.7 Å². The van der Waals surface area contributed by atoms with Crippen LogP contribution >= 0.6 is 0 Å². The molecule has 15 heavy (non-hydrogen) atoms. The summed E-state index contributed by atoms with van der Waals surface area (Å²) in [6.45, 7) is 5.22. The predicted octanol–water partition coefficient (Wildman–Crippen LogP) is 1.03. The maximum atomic E-state index is 9.24. The van der Waals surface area contributed by atoms with Crippen LogP contribution in [0.4, 0.5) is 0 Å². The minimum Gasteiger partial charge on any atom is -0.386 e. The Morgan fingerprint density at radius 1 is 1.07 bits per heavy atom. The summed E-state index contributed by atoms with van der Waals surface area (Å²) < 4.78 is 0. The summed E-state index contributed by atoms with van der Waals surface area (Å²) >= 11 is 0. The minimum atomic E-state index is -0.972. The Bertz CT molecular complexity index is 355. The standard InChI is InChI=1S/C13H14O2/c1-3-5-6-7-8-9-10-11-13(15)12(14)4-2/h3-5,10-15H,2H2,1H3/b5-3+,11-10+/t12-,13-/m1/s1. The molecule has 0 aliphatic carbocycles. The highest BCUT2D eigenvalue weighted by molar-refractivity contribution is 5.34. The molecule has 0 fully saturated rings. The number of hydrogen-bond donors (Lipinski definition) is 2. The molecule has 2 nitrogen and oxygen atoms in total. The van der Waals surface area contributed by atoms with E-state index in [2.05, 4.69) is 30.3 Å². The van der Waals surface area contributed by atoms with Gasteiger partial charge in [0.1, 0.15) is 12.2 Å². The number of allylic oxidation sites excluding steroid dienone is 3. The van der Waals surface area contributed by atoms with E-state index in [1.165, 1.54) is 18.2 Å². The average molecular weight is 202 g/mol. The summed E-state index contributed by atoms with van der Waals surface area (Å²) in [4.78, 5) is 0. The molecule has 0 aromatic carbocycles. The van der Waals surface area contributed by atoms with E-state index < -0.39 is 12.2 Å². The Morgan fingerprint density at radius 3 is 2.20 bits per heavy atom. The largest absolute Gasteiger partial charge is 0.386 e. The van der Waals surface area contributed by atoms with E-state index in [4.69, 9.17) is 5.11 Å². The summed E-state index contributed by atoms with van der Waals surface area (Å²) in [5.74, 6) is 10.5. The van der Waals surface area contributed by atoms with Gasteiger partial charge in [0.05, 0.1) is 0 Å². The highest BCUT2D eigenvalue weighted by Gasteiger charge is 2.06. The molecule has 0 saturated carbocycles. The van der Waals surface area contributed by atoms with Crippen molar-refractivity contribution in [1.82, 2.24) is 0 Å². The third-order valence-electron chi connectivity index (χ3n) is 1.42. The van der Waals surface area contributed by atoms with Crippen LogP contribution in [-0.2, 0) is 0 Å². The maximum Gasteiger partial charge on any atom is 0.102 e. The van der Waals surface area contributed by atoms with Gasteiger partial charge in [-0.1, -0.05) is 24.0 Å². The molecular weight excluding hydrogens is 188 g/mol. The van der Waals surface area contributed by atoms with Gasteiger partial charge in [-0.3, -0.25) is 0 Å².